The molecule has 168 valence electrons. The van der Waals surface area contributed by atoms with Gasteiger partial charge in [0.15, 0.2) is 23.1 Å². The predicted molar refractivity (Wildman–Crippen MR) is 111 cm³/mol. The van der Waals surface area contributed by atoms with Crippen LogP contribution in [0.4, 0.5) is 9.18 Å². The molecule has 0 aromatic heterocycles. The van der Waals surface area contributed by atoms with E-state index >= 15 is 0 Å². The van der Waals surface area contributed by atoms with Crippen molar-refractivity contribution in [2.45, 2.75) is 25.7 Å². The second-order valence-electron chi connectivity index (χ2n) is 8.79. The standard InChI is InChI=1S/C24H19FN2O6/c1-9-6-17(29)20-14(21(9)30)8-13-11(18(20)10-2-5-16(28)15(25)7-10)3-4-12-19(13)23(32)27(22(12)31)24(26)33/h2-3,5-7,12-13,18-19,28H,4,8H2,1H3,(H2,26,33)/t12-,13+,18-,19-/m0/s1. The van der Waals surface area contributed by atoms with Crippen molar-refractivity contribution in [1.29, 1.82) is 0 Å². The van der Waals surface area contributed by atoms with Crippen molar-refractivity contribution < 1.29 is 33.5 Å². The second-order valence-corrected chi connectivity index (χ2v) is 8.79. The highest BCUT2D eigenvalue weighted by Crippen LogP contribution is 2.55. The molecule has 8 nitrogen and oxygen atoms in total. The van der Waals surface area contributed by atoms with Gasteiger partial charge in [-0.15, -0.1) is 0 Å². The minimum atomic E-state index is -1.16. The summed E-state index contributed by atoms with van der Waals surface area (Å²) in [5, 5.41) is 9.64. The number of nitrogens with two attached hydrogens (primary N) is 1. The molecule has 3 aliphatic carbocycles. The van der Waals surface area contributed by atoms with Gasteiger partial charge in [0.25, 0.3) is 0 Å². The molecule has 0 spiro atoms. The molecule has 0 saturated carbocycles. The Morgan fingerprint density at radius 1 is 1.15 bits per heavy atom. The molecule has 33 heavy (non-hydrogen) atoms. The Labute approximate surface area is 187 Å². The number of hydrogen-bond acceptors (Lipinski definition) is 6. The molecule has 9 heteroatoms. The molecule has 0 unspecified atom stereocenters. The van der Waals surface area contributed by atoms with E-state index in [9.17, 15) is 33.5 Å². The molecule has 4 aliphatic rings. The number of phenolic OH excluding ortho intramolecular Hbond substituents is 1. The smallest absolute Gasteiger partial charge is 0.328 e. The monoisotopic (exact) mass is 450 g/mol. The van der Waals surface area contributed by atoms with Crippen molar-refractivity contribution in [3.05, 3.63) is 64.0 Å². The van der Waals surface area contributed by atoms with E-state index in [1.165, 1.54) is 19.1 Å². The van der Waals surface area contributed by atoms with Crippen LogP contribution < -0.4 is 5.73 Å². The minimum Gasteiger partial charge on any atom is -0.505 e. The number of likely N-dealkylation sites (tertiary alicyclic amines) is 1. The van der Waals surface area contributed by atoms with E-state index < -0.39 is 53.1 Å². The highest BCUT2D eigenvalue weighted by Gasteiger charge is 2.57. The van der Waals surface area contributed by atoms with Crippen LogP contribution in [0.15, 0.2) is 52.6 Å². The van der Waals surface area contributed by atoms with Crippen LogP contribution in [0, 0.1) is 23.6 Å². The molecule has 0 radical (unpaired) electrons. The molecule has 0 bridgehead atoms. The van der Waals surface area contributed by atoms with Gasteiger partial charge in [0.05, 0.1) is 11.8 Å². The first-order valence-electron chi connectivity index (χ1n) is 10.5. The number of nitrogens with zero attached hydrogens (tertiary/aromatic N) is 1. The summed E-state index contributed by atoms with van der Waals surface area (Å²) < 4.78 is 14.3. The fourth-order valence-corrected chi connectivity index (χ4v) is 5.68. The lowest BCUT2D eigenvalue weighted by atomic mass is 9.59. The van der Waals surface area contributed by atoms with Crippen LogP contribution in [-0.4, -0.2) is 39.4 Å². The lowest BCUT2D eigenvalue weighted by molar-refractivity contribution is -0.136. The predicted octanol–water partition coefficient (Wildman–Crippen LogP) is 2.04. The van der Waals surface area contributed by atoms with Crippen molar-refractivity contribution in [2.75, 3.05) is 0 Å². The van der Waals surface area contributed by atoms with Gasteiger partial charge in [-0.25, -0.2) is 9.18 Å². The van der Waals surface area contributed by atoms with Crippen LogP contribution in [0.25, 0.3) is 0 Å². The summed E-state index contributed by atoms with van der Waals surface area (Å²) in [7, 11) is 0. The van der Waals surface area contributed by atoms with Crippen LogP contribution in [-0.2, 0) is 19.2 Å². The average Bonchev–Trinajstić information content (AvgIpc) is 3.03. The number of imide groups is 3. The Balaban J connectivity index is 1.70. The minimum absolute atomic E-state index is 0.0424. The van der Waals surface area contributed by atoms with Crippen molar-refractivity contribution in [1.82, 2.24) is 4.90 Å². The summed E-state index contributed by atoms with van der Waals surface area (Å²) in [5.41, 5.74) is 6.89. The van der Waals surface area contributed by atoms with Crippen LogP contribution in [0.2, 0.25) is 0 Å². The Kier molecular flexibility index (Phi) is 4.49. The number of carbonyl (C=O) groups is 5. The zero-order chi connectivity index (χ0) is 23.8. The van der Waals surface area contributed by atoms with Crippen molar-refractivity contribution >= 4 is 29.4 Å². The fraction of sp³-hybridized carbons (Fsp3) is 0.292. The van der Waals surface area contributed by atoms with Crippen LogP contribution >= 0.6 is 0 Å². The number of rotatable bonds is 1. The van der Waals surface area contributed by atoms with Gasteiger partial charge in [-0.2, -0.15) is 4.90 Å². The van der Waals surface area contributed by atoms with Gasteiger partial charge < -0.3 is 10.8 Å². The number of fused-ring (bicyclic) bond motifs is 3. The largest absolute Gasteiger partial charge is 0.505 e. The first-order chi connectivity index (χ1) is 15.6. The summed E-state index contributed by atoms with van der Waals surface area (Å²) in [5.74, 6) is -6.78. The molecule has 3 N–H and O–H groups in total. The molecule has 1 aromatic carbocycles. The Bertz CT molecular complexity index is 1290. The molecular formula is C24H19FN2O6. The summed E-state index contributed by atoms with van der Waals surface area (Å²) >= 11 is 0. The number of Topliss-reactive ketones (excluding diaryl/α,β-unsaturated/α-hetero) is 1. The molecular weight excluding hydrogens is 431 g/mol. The third-order valence-electron chi connectivity index (χ3n) is 7.09. The summed E-state index contributed by atoms with van der Waals surface area (Å²) in [6.45, 7) is 1.52. The molecule has 4 atom stereocenters. The van der Waals surface area contributed by atoms with E-state index in [0.29, 0.717) is 16.0 Å². The summed E-state index contributed by atoms with van der Waals surface area (Å²) in [4.78, 5) is 64.0. The van der Waals surface area contributed by atoms with Gasteiger partial charge >= 0.3 is 6.03 Å². The van der Waals surface area contributed by atoms with Crippen LogP contribution in [0.3, 0.4) is 0 Å². The van der Waals surface area contributed by atoms with E-state index in [-0.39, 0.29) is 41.1 Å². The molecule has 1 heterocycles. The maximum Gasteiger partial charge on any atom is 0.328 e. The van der Waals surface area contributed by atoms with E-state index in [0.717, 1.165) is 12.1 Å². The van der Waals surface area contributed by atoms with Crippen LogP contribution in [0.5, 0.6) is 5.75 Å². The number of urea groups is 1. The lowest BCUT2D eigenvalue weighted by Crippen LogP contribution is -2.42. The number of primary amides is 1. The number of ketones is 2. The molecule has 1 aliphatic heterocycles. The van der Waals surface area contributed by atoms with E-state index in [1.54, 1.807) is 6.08 Å². The van der Waals surface area contributed by atoms with Crippen molar-refractivity contribution in [2.24, 2.45) is 23.5 Å². The molecule has 1 fully saturated rings. The van der Waals surface area contributed by atoms with Gasteiger partial charge in [-0.05, 0) is 49.5 Å². The SMILES string of the molecule is CC1=CC(=O)C2=C(C[C@@H]3C(=CC[C@@H]4C(=O)N(C(N)=O)C(=O)[C@@H]43)[C@@H]2c2ccc(O)c(F)c2)C1=O. The van der Waals surface area contributed by atoms with Crippen molar-refractivity contribution in [3.8, 4) is 5.75 Å². The number of benzene rings is 1. The highest BCUT2D eigenvalue weighted by atomic mass is 19.1. The van der Waals surface area contributed by atoms with Gasteiger partial charge in [-0.1, -0.05) is 17.7 Å². The summed E-state index contributed by atoms with van der Waals surface area (Å²) in [6.07, 6.45) is 3.17. The van der Waals surface area contributed by atoms with Gasteiger partial charge in [-0.3, -0.25) is 19.2 Å². The third kappa shape index (κ3) is 2.84. The number of phenols is 1. The maximum atomic E-state index is 14.3. The van der Waals surface area contributed by atoms with E-state index in [2.05, 4.69) is 0 Å². The Morgan fingerprint density at radius 3 is 2.55 bits per heavy atom. The number of carbonyl (C=O) groups excluding carboxylic acids is 5. The molecule has 1 saturated heterocycles. The Morgan fingerprint density at radius 2 is 1.88 bits per heavy atom. The topological polar surface area (TPSA) is 135 Å². The quantitative estimate of drug-likeness (QED) is 0.382. The Hall–Kier alpha value is -3.88. The van der Waals surface area contributed by atoms with Gasteiger partial charge in [0.2, 0.25) is 11.8 Å². The number of allylic oxidation sites excluding steroid dienone is 6. The summed E-state index contributed by atoms with van der Waals surface area (Å²) in [6, 6.07) is 2.57. The number of hydrogen-bond donors (Lipinski definition) is 2. The highest BCUT2D eigenvalue weighted by molar-refractivity contribution is 6.24. The fourth-order valence-electron chi connectivity index (χ4n) is 5.68. The number of amides is 4. The van der Waals surface area contributed by atoms with E-state index in [1.807, 2.05) is 0 Å². The zero-order valence-electron chi connectivity index (χ0n) is 17.5. The van der Waals surface area contributed by atoms with Gasteiger partial charge in [0.1, 0.15) is 0 Å². The number of aromatic hydroxyl groups is 1. The molecule has 1 aromatic rings. The first kappa shape index (κ1) is 21.0. The second kappa shape index (κ2) is 7.06. The molecule has 4 amide bonds. The molecule has 5 rings (SSSR count). The lowest BCUT2D eigenvalue weighted by Gasteiger charge is -2.42. The zero-order valence-corrected chi connectivity index (χ0v) is 17.5. The average molecular weight is 450 g/mol. The first-order valence-corrected chi connectivity index (χ1v) is 10.5. The maximum absolute atomic E-state index is 14.3. The third-order valence-corrected chi connectivity index (χ3v) is 7.09. The number of halogens is 1. The van der Waals surface area contributed by atoms with Crippen molar-refractivity contribution in [3.63, 3.8) is 0 Å². The van der Waals surface area contributed by atoms with Gasteiger partial charge in [0, 0.05) is 22.6 Å². The van der Waals surface area contributed by atoms with Crippen LogP contribution in [0.1, 0.15) is 31.2 Å². The normalized spacial score (nSPS) is 28.8. The van der Waals surface area contributed by atoms with E-state index in [4.69, 9.17) is 5.73 Å².